The fraction of sp³-hybridized carbons (Fsp3) is 0.292. The average molecular weight is 447 g/mol. The maximum Gasteiger partial charge on any atom is 0.294 e. The molecule has 1 aromatic heterocycles. The molecular weight excluding hydrogens is 422 g/mol. The number of aromatic nitrogens is 2. The number of imidazole rings is 1. The standard InChI is InChI=1S/C24H25N5O4/c30-23(8-4-7-19-5-2-1-3-6-19)26-13-15-27(16-14-26)24(31)20-9-10-21(22(17-20)29(32)33)28-12-11-25-18-28/h1-3,5-6,9-12,17-18H,4,7-8,13-16H2. The van der Waals surface area contributed by atoms with Gasteiger partial charge in [-0.05, 0) is 30.5 Å². The molecule has 0 spiro atoms. The lowest BCUT2D eigenvalue weighted by Gasteiger charge is -2.35. The van der Waals surface area contributed by atoms with Gasteiger partial charge in [0, 0.05) is 56.6 Å². The predicted molar refractivity (Wildman–Crippen MR) is 122 cm³/mol. The van der Waals surface area contributed by atoms with Gasteiger partial charge in [0.1, 0.15) is 5.69 Å². The van der Waals surface area contributed by atoms with Crippen molar-refractivity contribution in [2.24, 2.45) is 0 Å². The molecule has 1 saturated heterocycles. The van der Waals surface area contributed by atoms with Crippen molar-refractivity contribution in [3.63, 3.8) is 0 Å². The summed E-state index contributed by atoms with van der Waals surface area (Å²) in [7, 11) is 0. The van der Waals surface area contributed by atoms with Crippen molar-refractivity contribution in [1.82, 2.24) is 19.4 Å². The molecule has 170 valence electrons. The number of nitrogens with zero attached hydrogens (tertiary/aromatic N) is 5. The molecule has 0 unspecified atom stereocenters. The van der Waals surface area contributed by atoms with Crippen LogP contribution in [0.3, 0.4) is 0 Å². The van der Waals surface area contributed by atoms with E-state index in [2.05, 4.69) is 17.1 Å². The van der Waals surface area contributed by atoms with Gasteiger partial charge in [0.05, 0.1) is 11.3 Å². The molecule has 2 amide bonds. The van der Waals surface area contributed by atoms with E-state index in [0.717, 1.165) is 12.8 Å². The number of carbonyl (C=O) groups is 2. The van der Waals surface area contributed by atoms with Gasteiger partial charge in [-0.25, -0.2) is 4.98 Å². The lowest BCUT2D eigenvalue weighted by molar-refractivity contribution is -0.384. The predicted octanol–water partition coefficient (Wildman–Crippen LogP) is 3.09. The average Bonchev–Trinajstić information content (AvgIpc) is 3.39. The monoisotopic (exact) mass is 447 g/mol. The Kier molecular flexibility index (Phi) is 6.77. The van der Waals surface area contributed by atoms with Gasteiger partial charge >= 0.3 is 0 Å². The second-order valence-electron chi connectivity index (χ2n) is 7.94. The summed E-state index contributed by atoms with van der Waals surface area (Å²) < 4.78 is 1.54. The Morgan fingerprint density at radius 2 is 1.73 bits per heavy atom. The number of nitro groups is 1. The Balaban J connectivity index is 1.33. The summed E-state index contributed by atoms with van der Waals surface area (Å²) in [5.74, 6) is -0.176. The molecule has 0 saturated carbocycles. The molecule has 0 atom stereocenters. The first-order valence-corrected chi connectivity index (χ1v) is 10.9. The number of rotatable bonds is 7. The van der Waals surface area contributed by atoms with Crippen molar-refractivity contribution in [3.8, 4) is 5.69 Å². The molecule has 1 fully saturated rings. The maximum absolute atomic E-state index is 13.0. The van der Waals surface area contributed by atoms with Crippen molar-refractivity contribution in [1.29, 1.82) is 0 Å². The third kappa shape index (κ3) is 5.25. The van der Waals surface area contributed by atoms with E-state index in [1.54, 1.807) is 28.1 Å². The fourth-order valence-electron chi connectivity index (χ4n) is 4.01. The van der Waals surface area contributed by atoms with E-state index in [9.17, 15) is 19.7 Å². The summed E-state index contributed by atoms with van der Waals surface area (Å²) in [6.45, 7) is 1.73. The molecule has 1 aliphatic heterocycles. The molecule has 0 aliphatic carbocycles. The Morgan fingerprint density at radius 1 is 1.00 bits per heavy atom. The van der Waals surface area contributed by atoms with Gasteiger partial charge in [-0.2, -0.15) is 0 Å². The summed E-state index contributed by atoms with van der Waals surface area (Å²) in [5.41, 5.74) is 1.66. The summed E-state index contributed by atoms with van der Waals surface area (Å²) in [6.07, 6.45) is 6.74. The van der Waals surface area contributed by atoms with Crippen LogP contribution in [0.1, 0.15) is 28.8 Å². The van der Waals surface area contributed by atoms with Crippen LogP contribution >= 0.6 is 0 Å². The molecule has 3 aromatic rings. The minimum Gasteiger partial charge on any atom is -0.339 e. The molecule has 2 aromatic carbocycles. The van der Waals surface area contributed by atoms with Crippen LogP contribution in [0.4, 0.5) is 5.69 Å². The van der Waals surface area contributed by atoms with Crippen LogP contribution in [0.5, 0.6) is 0 Å². The third-order valence-corrected chi connectivity index (χ3v) is 5.82. The van der Waals surface area contributed by atoms with Crippen LogP contribution in [-0.4, -0.2) is 62.3 Å². The quantitative estimate of drug-likeness (QED) is 0.409. The molecule has 0 bridgehead atoms. The number of amides is 2. The molecule has 33 heavy (non-hydrogen) atoms. The van der Waals surface area contributed by atoms with E-state index in [1.807, 2.05) is 18.2 Å². The van der Waals surface area contributed by atoms with Crippen molar-refractivity contribution in [2.75, 3.05) is 26.2 Å². The topological polar surface area (TPSA) is 102 Å². The first kappa shape index (κ1) is 22.2. The van der Waals surface area contributed by atoms with Gasteiger partial charge in [0.15, 0.2) is 0 Å². The van der Waals surface area contributed by atoms with Crippen molar-refractivity contribution in [3.05, 3.63) is 88.5 Å². The van der Waals surface area contributed by atoms with E-state index in [1.165, 1.54) is 28.7 Å². The van der Waals surface area contributed by atoms with E-state index < -0.39 is 4.92 Å². The molecule has 9 nitrogen and oxygen atoms in total. The molecular formula is C24H25N5O4. The van der Waals surface area contributed by atoms with E-state index in [0.29, 0.717) is 38.3 Å². The zero-order valence-corrected chi connectivity index (χ0v) is 18.2. The molecule has 2 heterocycles. The van der Waals surface area contributed by atoms with Gasteiger partial charge in [-0.15, -0.1) is 0 Å². The van der Waals surface area contributed by atoms with Crippen LogP contribution in [0.25, 0.3) is 5.69 Å². The number of benzene rings is 2. The zero-order valence-electron chi connectivity index (χ0n) is 18.2. The van der Waals surface area contributed by atoms with Crippen LogP contribution < -0.4 is 0 Å². The largest absolute Gasteiger partial charge is 0.339 e. The highest BCUT2D eigenvalue weighted by atomic mass is 16.6. The third-order valence-electron chi connectivity index (χ3n) is 5.82. The van der Waals surface area contributed by atoms with Gasteiger partial charge in [-0.3, -0.25) is 19.7 Å². The zero-order chi connectivity index (χ0) is 23.2. The van der Waals surface area contributed by atoms with Crippen LogP contribution in [0, 0.1) is 10.1 Å². The Labute approximate surface area is 191 Å². The highest BCUT2D eigenvalue weighted by molar-refractivity contribution is 5.95. The number of nitro benzene ring substituents is 1. The number of carbonyl (C=O) groups excluding carboxylic acids is 2. The first-order valence-electron chi connectivity index (χ1n) is 10.9. The van der Waals surface area contributed by atoms with E-state index >= 15 is 0 Å². The molecule has 4 rings (SSSR count). The van der Waals surface area contributed by atoms with E-state index in [-0.39, 0.29) is 23.1 Å². The Morgan fingerprint density at radius 3 is 2.39 bits per heavy atom. The second kappa shape index (κ2) is 10.1. The SMILES string of the molecule is O=C(CCCc1ccccc1)N1CCN(C(=O)c2ccc(-n3ccnc3)c([N+](=O)[O-])c2)CC1. The number of hydrogen-bond donors (Lipinski definition) is 0. The van der Waals surface area contributed by atoms with E-state index in [4.69, 9.17) is 0 Å². The summed E-state index contributed by atoms with van der Waals surface area (Å²) in [6, 6.07) is 14.5. The lowest BCUT2D eigenvalue weighted by Crippen LogP contribution is -2.50. The minimum absolute atomic E-state index is 0.0957. The van der Waals surface area contributed by atoms with Crippen molar-refractivity contribution < 1.29 is 14.5 Å². The number of hydrogen-bond acceptors (Lipinski definition) is 5. The van der Waals surface area contributed by atoms with Crippen LogP contribution in [-0.2, 0) is 11.2 Å². The highest BCUT2D eigenvalue weighted by Crippen LogP contribution is 2.25. The number of aryl methyl sites for hydroxylation is 1. The van der Waals surface area contributed by atoms with Crippen LogP contribution in [0.15, 0.2) is 67.3 Å². The minimum atomic E-state index is -0.502. The lowest BCUT2D eigenvalue weighted by atomic mass is 10.1. The van der Waals surface area contributed by atoms with Gasteiger partial charge in [0.2, 0.25) is 5.91 Å². The van der Waals surface area contributed by atoms with Crippen LogP contribution in [0.2, 0.25) is 0 Å². The maximum atomic E-state index is 13.0. The van der Waals surface area contributed by atoms with Gasteiger partial charge in [0.25, 0.3) is 11.6 Å². The summed E-state index contributed by atoms with van der Waals surface area (Å²) >= 11 is 0. The van der Waals surface area contributed by atoms with Crippen molar-refractivity contribution >= 4 is 17.5 Å². The molecule has 0 radical (unpaired) electrons. The molecule has 1 aliphatic rings. The smallest absolute Gasteiger partial charge is 0.294 e. The summed E-state index contributed by atoms with van der Waals surface area (Å²) in [4.78, 5) is 43.9. The highest BCUT2D eigenvalue weighted by Gasteiger charge is 2.26. The second-order valence-corrected chi connectivity index (χ2v) is 7.94. The first-order chi connectivity index (χ1) is 16.0. The molecule has 0 N–H and O–H groups in total. The fourth-order valence-corrected chi connectivity index (χ4v) is 4.01. The van der Waals surface area contributed by atoms with Gasteiger partial charge < -0.3 is 14.4 Å². The molecule has 9 heteroatoms. The van der Waals surface area contributed by atoms with Crippen molar-refractivity contribution in [2.45, 2.75) is 19.3 Å². The van der Waals surface area contributed by atoms with Gasteiger partial charge in [-0.1, -0.05) is 30.3 Å². The number of piperazine rings is 1. The Hall–Kier alpha value is -4.01. The normalized spacial score (nSPS) is 13.7. The summed E-state index contributed by atoms with van der Waals surface area (Å²) in [5, 5.41) is 11.6. The Bertz CT molecular complexity index is 1120.